The van der Waals surface area contributed by atoms with Crippen molar-refractivity contribution in [1.29, 1.82) is 0 Å². The Labute approximate surface area is 217 Å². The lowest BCUT2D eigenvalue weighted by molar-refractivity contribution is -0.114. The number of nitrogens with two attached hydrogens (primary N) is 2. The number of likely N-dealkylation sites (tertiary alicyclic amines) is 1. The third-order valence-electron chi connectivity index (χ3n) is 7.33. The number of halogens is 1. The van der Waals surface area contributed by atoms with Crippen LogP contribution in [-0.2, 0) is 17.8 Å². The summed E-state index contributed by atoms with van der Waals surface area (Å²) in [6.07, 6.45) is 10.4. The number of carbonyl (C=O) groups excluding carboxylic acids is 1. The Balaban J connectivity index is 1.59. The highest BCUT2D eigenvalue weighted by molar-refractivity contribution is 5.98. The molecule has 10 heteroatoms. The summed E-state index contributed by atoms with van der Waals surface area (Å²) in [4.78, 5) is 30.1. The van der Waals surface area contributed by atoms with Gasteiger partial charge in [0.05, 0.1) is 11.3 Å². The van der Waals surface area contributed by atoms with E-state index in [1.54, 1.807) is 6.08 Å². The zero-order valence-corrected chi connectivity index (χ0v) is 21.8. The van der Waals surface area contributed by atoms with Gasteiger partial charge in [0.2, 0.25) is 0 Å². The molecule has 2 aromatic rings. The van der Waals surface area contributed by atoms with Gasteiger partial charge in [0, 0.05) is 49.4 Å². The fourth-order valence-corrected chi connectivity index (χ4v) is 5.04. The molecule has 2 aliphatic heterocycles. The summed E-state index contributed by atoms with van der Waals surface area (Å²) >= 11 is 0. The third-order valence-corrected chi connectivity index (χ3v) is 7.33. The molecule has 0 unspecified atom stereocenters. The second kappa shape index (κ2) is 11.7. The van der Waals surface area contributed by atoms with Crippen molar-refractivity contribution >= 4 is 23.1 Å². The summed E-state index contributed by atoms with van der Waals surface area (Å²) in [6, 6.07) is 0. The molecule has 2 aromatic heterocycles. The molecule has 0 aromatic carbocycles. The van der Waals surface area contributed by atoms with Gasteiger partial charge in [-0.25, -0.2) is 19.3 Å². The van der Waals surface area contributed by atoms with Crippen LogP contribution in [-0.4, -0.2) is 63.0 Å². The fourth-order valence-electron chi connectivity index (χ4n) is 5.04. The van der Waals surface area contributed by atoms with Crippen molar-refractivity contribution in [3.05, 3.63) is 59.7 Å². The zero-order valence-electron chi connectivity index (χ0n) is 21.8. The predicted molar refractivity (Wildman–Crippen MR) is 144 cm³/mol. The molecule has 4 heterocycles. The van der Waals surface area contributed by atoms with Crippen LogP contribution in [0.2, 0.25) is 0 Å². The lowest BCUT2D eigenvalue weighted by Crippen LogP contribution is -2.39. The monoisotopic (exact) mass is 508 g/mol. The lowest BCUT2D eigenvalue weighted by Gasteiger charge is -2.34. The van der Waals surface area contributed by atoms with E-state index in [2.05, 4.69) is 37.8 Å². The number of allylic oxidation sites excluding steroid dienone is 3. The Morgan fingerprint density at radius 2 is 1.95 bits per heavy atom. The van der Waals surface area contributed by atoms with Crippen LogP contribution in [0.5, 0.6) is 0 Å². The van der Waals surface area contributed by atoms with E-state index in [1.165, 1.54) is 25.7 Å². The van der Waals surface area contributed by atoms with E-state index in [0.717, 1.165) is 75.7 Å². The minimum atomic E-state index is -0.819. The molecular weight excluding hydrogens is 471 g/mol. The summed E-state index contributed by atoms with van der Waals surface area (Å²) in [7, 11) is 0. The minimum Gasteiger partial charge on any atom is -0.383 e. The number of rotatable bonds is 10. The van der Waals surface area contributed by atoms with Crippen molar-refractivity contribution in [2.75, 3.05) is 43.4 Å². The molecule has 2 saturated heterocycles. The van der Waals surface area contributed by atoms with Crippen LogP contribution >= 0.6 is 0 Å². The number of amides is 1. The number of piperidine rings is 1. The van der Waals surface area contributed by atoms with Gasteiger partial charge in [0.15, 0.2) is 0 Å². The van der Waals surface area contributed by atoms with E-state index in [0.29, 0.717) is 17.1 Å². The molecular formula is C27H37FN8O. The van der Waals surface area contributed by atoms with Crippen molar-refractivity contribution in [2.45, 2.75) is 52.0 Å². The van der Waals surface area contributed by atoms with Crippen molar-refractivity contribution in [2.24, 2.45) is 5.73 Å². The second-order valence-corrected chi connectivity index (χ2v) is 9.66. The highest BCUT2D eigenvalue weighted by Crippen LogP contribution is 2.33. The molecule has 0 atom stereocenters. The molecule has 1 amide bonds. The molecule has 0 aliphatic carbocycles. The Hall–Kier alpha value is -3.53. The topological polar surface area (TPSA) is 119 Å². The maximum atomic E-state index is 14.0. The van der Waals surface area contributed by atoms with Crippen LogP contribution < -0.4 is 16.4 Å². The number of anilines is 2. The van der Waals surface area contributed by atoms with Crippen LogP contribution in [0.4, 0.5) is 16.0 Å². The molecule has 37 heavy (non-hydrogen) atoms. The Morgan fingerprint density at radius 3 is 2.51 bits per heavy atom. The van der Waals surface area contributed by atoms with Crippen molar-refractivity contribution in [3.63, 3.8) is 0 Å². The van der Waals surface area contributed by atoms with E-state index >= 15 is 0 Å². The van der Waals surface area contributed by atoms with Crippen LogP contribution in [0, 0.1) is 0 Å². The molecule has 0 spiro atoms. The summed E-state index contributed by atoms with van der Waals surface area (Å²) in [6.45, 7) is 12.8. The molecule has 198 valence electrons. The van der Waals surface area contributed by atoms with E-state index in [-0.39, 0.29) is 11.5 Å². The lowest BCUT2D eigenvalue weighted by atomic mass is 9.95. The van der Waals surface area contributed by atoms with Gasteiger partial charge in [0.1, 0.15) is 29.6 Å². The first-order chi connectivity index (χ1) is 17.8. The number of hydrogen-bond donors (Lipinski definition) is 2. The molecule has 0 saturated carbocycles. The number of nitrogens with zero attached hydrogens (tertiary/aromatic N) is 6. The maximum absolute atomic E-state index is 14.0. The van der Waals surface area contributed by atoms with Crippen LogP contribution in [0.1, 0.15) is 56.1 Å². The number of aromatic nitrogens is 4. The summed E-state index contributed by atoms with van der Waals surface area (Å²) in [5.41, 5.74) is 13.5. The van der Waals surface area contributed by atoms with Crippen LogP contribution in [0.3, 0.4) is 0 Å². The minimum absolute atomic E-state index is 0.171. The highest BCUT2D eigenvalue weighted by atomic mass is 19.1. The molecule has 4 N–H and O–H groups in total. The average molecular weight is 509 g/mol. The number of imidazole rings is 1. The molecule has 0 bridgehead atoms. The van der Waals surface area contributed by atoms with Crippen molar-refractivity contribution in [1.82, 2.24) is 24.4 Å². The van der Waals surface area contributed by atoms with Crippen LogP contribution in [0.15, 0.2) is 42.7 Å². The van der Waals surface area contributed by atoms with Gasteiger partial charge in [-0.1, -0.05) is 19.6 Å². The molecule has 9 nitrogen and oxygen atoms in total. The van der Waals surface area contributed by atoms with Crippen molar-refractivity contribution in [3.8, 4) is 0 Å². The maximum Gasteiger partial charge on any atom is 0.251 e. The molecule has 2 fully saturated rings. The average Bonchev–Trinajstić information content (AvgIpc) is 3.27. The fraction of sp³-hybridized carbons (Fsp3) is 0.481. The highest BCUT2D eigenvalue weighted by Gasteiger charge is 2.28. The van der Waals surface area contributed by atoms with Crippen LogP contribution in [0.25, 0.3) is 5.57 Å². The van der Waals surface area contributed by atoms with Gasteiger partial charge in [-0.3, -0.25) is 4.79 Å². The molecule has 4 rings (SSSR count). The largest absolute Gasteiger partial charge is 0.383 e. The standard InChI is InChI=1S/C27H37FN8O/c1-4-19(15-22(18(3)28)25(30)37)23-16-36(14-13-34-9-6-10-34)26(33-23)20-7-11-35(12-8-20)27-21(5-2)24(29)31-17-32-27/h4,15-17,20H,1,5-14H2,2-3H3,(H2,30,37)(H2,29,31,32)/b19-15+,22-18-. The van der Waals surface area contributed by atoms with Gasteiger partial charge >= 0.3 is 0 Å². The van der Waals surface area contributed by atoms with E-state index in [4.69, 9.17) is 16.5 Å². The van der Waals surface area contributed by atoms with E-state index in [9.17, 15) is 9.18 Å². The zero-order chi connectivity index (χ0) is 26.5. The number of primary amides is 1. The van der Waals surface area contributed by atoms with E-state index < -0.39 is 11.7 Å². The van der Waals surface area contributed by atoms with Gasteiger partial charge in [-0.05, 0) is 51.8 Å². The predicted octanol–water partition coefficient (Wildman–Crippen LogP) is 3.21. The SMILES string of the molecule is C=C/C(=C\C(C(N)=O)=C(/C)F)c1cn(CCN2CCC2)c(C2CCN(c3ncnc(N)c3CC)CC2)n1. The van der Waals surface area contributed by atoms with Gasteiger partial charge < -0.3 is 25.8 Å². The number of carbonyl (C=O) groups is 1. The Morgan fingerprint density at radius 1 is 1.22 bits per heavy atom. The second-order valence-electron chi connectivity index (χ2n) is 9.66. The Bertz CT molecular complexity index is 1200. The summed E-state index contributed by atoms with van der Waals surface area (Å²) in [5.74, 6) is 1.26. The quantitative estimate of drug-likeness (QED) is 0.374. The first-order valence-corrected chi connectivity index (χ1v) is 13.0. The van der Waals surface area contributed by atoms with Gasteiger partial charge in [-0.2, -0.15) is 0 Å². The van der Waals surface area contributed by atoms with Crippen molar-refractivity contribution < 1.29 is 9.18 Å². The number of nitrogen functional groups attached to an aromatic ring is 1. The number of hydrogen-bond acceptors (Lipinski definition) is 7. The summed E-state index contributed by atoms with van der Waals surface area (Å²) in [5, 5.41) is 0. The van der Waals surface area contributed by atoms with Gasteiger partial charge in [-0.15, -0.1) is 0 Å². The van der Waals surface area contributed by atoms with Gasteiger partial charge in [0.25, 0.3) is 5.91 Å². The van der Waals surface area contributed by atoms with E-state index in [1.807, 2.05) is 6.20 Å². The first-order valence-electron chi connectivity index (χ1n) is 13.0. The normalized spacial score (nSPS) is 17.9. The smallest absolute Gasteiger partial charge is 0.251 e. The molecule has 0 radical (unpaired) electrons. The Kier molecular flexibility index (Phi) is 8.38. The first kappa shape index (κ1) is 26.5. The third kappa shape index (κ3) is 5.90. The summed E-state index contributed by atoms with van der Waals surface area (Å²) < 4.78 is 16.2. The molecule has 2 aliphatic rings.